The van der Waals surface area contributed by atoms with Crippen molar-refractivity contribution in [1.82, 2.24) is 30.4 Å². The van der Waals surface area contributed by atoms with Crippen LogP contribution in [0.25, 0.3) is 22.8 Å². The number of aromatic nitrogens is 6. The van der Waals surface area contributed by atoms with E-state index < -0.39 is 0 Å². The Hall–Kier alpha value is -2.58. The molecule has 4 rings (SSSR count). The van der Waals surface area contributed by atoms with Crippen molar-refractivity contribution < 1.29 is 0 Å². The zero-order valence-corrected chi connectivity index (χ0v) is 16.1. The lowest BCUT2D eigenvalue weighted by atomic mass is 10.2. The highest BCUT2D eigenvalue weighted by Gasteiger charge is 2.07. The van der Waals surface area contributed by atoms with Gasteiger partial charge in [0.1, 0.15) is 0 Å². The first-order valence-electron chi connectivity index (χ1n) is 8.60. The number of hydrogen-bond acceptors (Lipinski definition) is 6. The molecule has 4 aromatic rings. The van der Waals surface area contributed by atoms with Crippen molar-refractivity contribution in [2.24, 2.45) is 0 Å². The van der Waals surface area contributed by atoms with Crippen LogP contribution in [0.5, 0.6) is 0 Å². The molecule has 8 heteroatoms. The number of aromatic amines is 2. The Morgan fingerprint density at radius 1 is 0.630 bits per heavy atom. The summed E-state index contributed by atoms with van der Waals surface area (Å²) in [6, 6.07) is 20.0. The molecule has 0 aliphatic carbocycles. The first-order valence-corrected chi connectivity index (χ1v) is 10.6. The van der Waals surface area contributed by atoms with Gasteiger partial charge in [0.2, 0.25) is 10.3 Å². The maximum atomic E-state index is 4.53. The van der Waals surface area contributed by atoms with Gasteiger partial charge >= 0.3 is 0 Å². The van der Waals surface area contributed by atoms with E-state index in [1.165, 1.54) is 0 Å². The minimum Gasteiger partial charge on any atom is -0.258 e. The molecule has 0 amide bonds. The Labute approximate surface area is 165 Å². The van der Waals surface area contributed by atoms with Crippen LogP contribution in [-0.2, 0) is 0 Å². The monoisotopic (exact) mass is 394 g/mol. The lowest BCUT2D eigenvalue weighted by molar-refractivity contribution is 0.963. The molecule has 0 saturated heterocycles. The van der Waals surface area contributed by atoms with Crippen LogP contribution in [0.15, 0.2) is 71.0 Å². The Morgan fingerprint density at radius 3 is 1.52 bits per heavy atom. The SMILES string of the molecule is c1ccc(-c2nc(SCCCSc3n[nH]c(-c4ccccc4)n3)n[nH]2)cc1. The third-order valence-electron chi connectivity index (χ3n) is 3.78. The fourth-order valence-electron chi connectivity index (χ4n) is 2.46. The van der Waals surface area contributed by atoms with Gasteiger partial charge < -0.3 is 0 Å². The molecule has 0 bridgehead atoms. The molecule has 2 N–H and O–H groups in total. The van der Waals surface area contributed by atoms with Crippen LogP contribution in [-0.4, -0.2) is 41.9 Å². The quantitative estimate of drug-likeness (QED) is 0.337. The molecule has 0 radical (unpaired) electrons. The van der Waals surface area contributed by atoms with Crippen molar-refractivity contribution in [3.8, 4) is 22.8 Å². The summed E-state index contributed by atoms with van der Waals surface area (Å²) in [4.78, 5) is 9.07. The van der Waals surface area contributed by atoms with Crippen molar-refractivity contribution in [3.05, 3.63) is 60.7 Å². The molecule has 0 saturated carbocycles. The van der Waals surface area contributed by atoms with Gasteiger partial charge in [-0.25, -0.2) is 9.97 Å². The molecule has 2 aromatic heterocycles. The van der Waals surface area contributed by atoms with Crippen molar-refractivity contribution in [2.75, 3.05) is 11.5 Å². The van der Waals surface area contributed by atoms with Gasteiger partial charge in [-0.2, -0.15) is 0 Å². The molecule has 2 heterocycles. The van der Waals surface area contributed by atoms with Crippen LogP contribution in [0.4, 0.5) is 0 Å². The summed E-state index contributed by atoms with van der Waals surface area (Å²) in [7, 11) is 0. The number of rotatable bonds is 8. The second kappa shape index (κ2) is 8.88. The van der Waals surface area contributed by atoms with Crippen molar-refractivity contribution in [3.63, 3.8) is 0 Å². The van der Waals surface area contributed by atoms with Crippen molar-refractivity contribution >= 4 is 23.5 Å². The molecule has 0 fully saturated rings. The highest BCUT2D eigenvalue weighted by atomic mass is 32.2. The van der Waals surface area contributed by atoms with E-state index in [0.29, 0.717) is 0 Å². The van der Waals surface area contributed by atoms with E-state index in [-0.39, 0.29) is 0 Å². The van der Waals surface area contributed by atoms with Gasteiger partial charge in [0.05, 0.1) is 0 Å². The highest BCUT2D eigenvalue weighted by molar-refractivity contribution is 8.00. The fourth-order valence-corrected chi connectivity index (χ4v) is 4.12. The molecular formula is C19H18N6S2. The molecule has 2 aromatic carbocycles. The van der Waals surface area contributed by atoms with Gasteiger partial charge in [-0.1, -0.05) is 84.2 Å². The first kappa shape index (κ1) is 17.8. The van der Waals surface area contributed by atoms with Crippen molar-refractivity contribution in [1.29, 1.82) is 0 Å². The summed E-state index contributed by atoms with van der Waals surface area (Å²) in [6.45, 7) is 0. The standard InChI is InChI=1S/C19H18N6S2/c1-3-8-14(9-4-1)16-20-18(24-22-16)26-12-7-13-27-19-21-17(23-25-19)15-10-5-2-6-11-15/h1-6,8-11H,7,12-13H2,(H,20,22,24)(H,21,23,25). The van der Waals surface area contributed by atoms with Crippen LogP contribution in [0.3, 0.4) is 0 Å². The van der Waals surface area contributed by atoms with Crippen LogP contribution >= 0.6 is 23.5 Å². The normalized spacial score (nSPS) is 11.0. The van der Waals surface area contributed by atoms with Gasteiger partial charge in [-0.05, 0) is 6.42 Å². The molecule has 0 spiro atoms. The topological polar surface area (TPSA) is 83.1 Å². The van der Waals surface area contributed by atoms with E-state index in [0.717, 1.165) is 51.0 Å². The fraction of sp³-hybridized carbons (Fsp3) is 0.158. The average molecular weight is 395 g/mol. The molecule has 136 valence electrons. The van der Waals surface area contributed by atoms with E-state index in [1.807, 2.05) is 60.7 Å². The van der Waals surface area contributed by atoms with E-state index in [4.69, 9.17) is 0 Å². The predicted octanol–water partition coefficient (Wildman–Crippen LogP) is 4.53. The van der Waals surface area contributed by atoms with Crippen molar-refractivity contribution in [2.45, 2.75) is 16.7 Å². The van der Waals surface area contributed by atoms with Gasteiger partial charge in [0, 0.05) is 22.6 Å². The van der Waals surface area contributed by atoms with E-state index >= 15 is 0 Å². The number of benzene rings is 2. The van der Waals surface area contributed by atoms with Gasteiger partial charge in [0.25, 0.3) is 0 Å². The smallest absolute Gasteiger partial charge is 0.208 e. The number of thioether (sulfide) groups is 2. The highest BCUT2D eigenvalue weighted by Crippen LogP contribution is 2.22. The second-order valence-electron chi connectivity index (χ2n) is 5.72. The molecular weight excluding hydrogens is 376 g/mol. The summed E-state index contributed by atoms with van der Waals surface area (Å²) < 4.78 is 0. The second-order valence-corrected chi connectivity index (χ2v) is 7.84. The van der Waals surface area contributed by atoms with Gasteiger partial charge in [-0.15, -0.1) is 10.2 Å². The largest absolute Gasteiger partial charge is 0.258 e. The van der Waals surface area contributed by atoms with E-state index in [2.05, 4.69) is 30.4 Å². The number of hydrogen-bond donors (Lipinski definition) is 2. The predicted molar refractivity (Wildman–Crippen MR) is 110 cm³/mol. The number of H-pyrrole nitrogens is 2. The van der Waals surface area contributed by atoms with Crippen LogP contribution in [0, 0.1) is 0 Å². The molecule has 0 aliphatic heterocycles. The minimum atomic E-state index is 0.781. The summed E-state index contributed by atoms with van der Waals surface area (Å²) in [5.74, 6) is 3.52. The molecule has 0 aliphatic rings. The Balaban J connectivity index is 1.21. The Kier molecular flexibility index (Phi) is 5.86. The Bertz CT molecular complexity index is 888. The summed E-state index contributed by atoms with van der Waals surface area (Å²) in [5.41, 5.74) is 2.09. The summed E-state index contributed by atoms with van der Waals surface area (Å²) >= 11 is 3.32. The maximum Gasteiger partial charge on any atom is 0.208 e. The summed E-state index contributed by atoms with van der Waals surface area (Å²) in [6.07, 6.45) is 1.03. The minimum absolute atomic E-state index is 0.781. The van der Waals surface area contributed by atoms with Gasteiger partial charge in [-0.3, -0.25) is 10.2 Å². The number of nitrogens with zero attached hydrogens (tertiary/aromatic N) is 4. The molecule has 0 unspecified atom stereocenters. The molecule has 0 atom stereocenters. The van der Waals surface area contributed by atoms with E-state index in [9.17, 15) is 0 Å². The zero-order chi connectivity index (χ0) is 18.3. The molecule has 6 nitrogen and oxygen atoms in total. The van der Waals surface area contributed by atoms with Gasteiger partial charge in [0.15, 0.2) is 11.6 Å². The van der Waals surface area contributed by atoms with Crippen LogP contribution in [0.1, 0.15) is 6.42 Å². The molecule has 27 heavy (non-hydrogen) atoms. The van der Waals surface area contributed by atoms with Crippen LogP contribution < -0.4 is 0 Å². The first-order chi connectivity index (χ1) is 13.4. The maximum absolute atomic E-state index is 4.53. The number of nitrogens with one attached hydrogen (secondary N) is 2. The third kappa shape index (κ3) is 4.78. The lowest BCUT2D eigenvalue weighted by Gasteiger charge is -1.96. The van der Waals surface area contributed by atoms with Crippen LogP contribution in [0.2, 0.25) is 0 Å². The Morgan fingerprint density at radius 2 is 1.07 bits per heavy atom. The lowest BCUT2D eigenvalue weighted by Crippen LogP contribution is -1.87. The summed E-state index contributed by atoms with van der Waals surface area (Å²) in [5, 5.41) is 16.1. The third-order valence-corrected chi connectivity index (χ3v) is 5.64. The zero-order valence-electron chi connectivity index (χ0n) is 14.5. The average Bonchev–Trinajstić information content (AvgIpc) is 3.39. The van der Waals surface area contributed by atoms with E-state index in [1.54, 1.807) is 23.5 Å².